The van der Waals surface area contributed by atoms with Gasteiger partial charge >= 0.3 is 0 Å². The van der Waals surface area contributed by atoms with Crippen LogP contribution in [0, 0.1) is 6.92 Å². The molecule has 0 aliphatic carbocycles. The second kappa shape index (κ2) is 10.3. The van der Waals surface area contributed by atoms with Crippen molar-refractivity contribution < 1.29 is 14.9 Å². The SMILES string of the molecule is CCc1ccccc1-c1ccc(OCCN[C@@H](C)[C@H](O)c2ccc(O)cc2)cc1C. The number of benzene rings is 3. The average molecular weight is 406 g/mol. The Hall–Kier alpha value is -2.82. The number of hydrogen-bond donors (Lipinski definition) is 3. The van der Waals surface area contributed by atoms with Gasteiger partial charge in [0.1, 0.15) is 18.1 Å². The molecule has 30 heavy (non-hydrogen) atoms. The molecule has 0 saturated carbocycles. The van der Waals surface area contributed by atoms with Crippen molar-refractivity contribution in [1.29, 1.82) is 0 Å². The highest BCUT2D eigenvalue weighted by molar-refractivity contribution is 5.71. The maximum absolute atomic E-state index is 10.4. The van der Waals surface area contributed by atoms with Gasteiger partial charge in [0.2, 0.25) is 0 Å². The largest absolute Gasteiger partial charge is 0.508 e. The summed E-state index contributed by atoms with van der Waals surface area (Å²) in [4.78, 5) is 0. The monoisotopic (exact) mass is 405 g/mol. The lowest BCUT2D eigenvalue weighted by atomic mass is 9.95. The van der Waals surface area contributed by atoms with E-state index in [2.05, 4.69) is 55.6 Å². The van der Waals surface area contributed by atoms with Gasteiger partial charge in [-0.15, -0.1) is 0 Å². The molecule has 4 nitrogen and oxygen atoms in total. The van der Waals surface area contributed by atoms with Crippen molar-refractivity contribution >= 4 is 0 Å². The van der Waals surface area contributed by atoms with Crippen LogP contribution in [0.1, 0.15) is 36.6 Å². The summed E-state index contributed by atoms with van der Waals surface area (Å²) in [6, 6.07) is 21.2. The van der Waals surface area contributed by atoms with Crippen molar-refractivity contribution in [3.8, 4) is 22.6 Å². The fourth-order valence-electron chi connectivity index (χ4n) is 3.65. The highest BCUT2D eigenvalue weighted by Crippen LogP contribution is 2.30. The molecular formula is C26H31NO3. The van der Waals surface area contributed by atoms with E-state index in [0.29, 0.717) is 13.2 Å². The van der Waals surface area contributed by atoms with Gasteiger partial charge in [-0.3, -0.25) is 0 Å². The molecule has 0 aliphatic heterocycles. The summed E-state index contributed by atoms with van der Waals surface area (Å²) in [7, 11) is 0. The Balaban J connectivity index is 1.53. The molecule has 0 heterocycles. The predicted octanol–water partition coefficient (Wildman–Crippen LogP) is 5.02. The second-order valence-corrected chi connectivity index (χ2v) is 7.62. The Morgan fingerprint density at radius 2 is 1.70 bits per heavy atom. The third-order valence-corrected chi connectivity index (χ3v) is 5.43. The molecule has 158 valence electrons. The van der Waals surface area contributed by atoms with Gasteiger partial charge in [0.25, 0.3) is 0 Å². The van der Waals surface area contributed by atoms with Crippen LogP contribution in [0.15, 0.2) is 66.7 Å². The molecule has 0 aliphatic rings. The van der Waals surface area contributed by atoms with Crippen LogP contribution in [0.2, 0.25) is 0 Å². The van der Waals surface area contributed by atoms with Crippen molar-refractivity contribution in [2.75, 3.05) is 13.2 Å². The van der Waals surface area contributed by atoms with Gasteiger partial charge < -0.3 is 20.3 Å². The predicted molar refractivity (Wildman–Crippen MR) is 122 cm³/mol. The fraction of sp³-hybridized carbons (Fsp3) is 0.308. The normalized spacial score (nSPS) is 13.1. The van der Waals surface area contributed by atoms with Gasteiger partial charge in [-0.1, -0.05) is 49.4 Å². The Kier molecular flexibility index (Phi) is 7.50. The minimum atomic E-state index is -0.647. The van der Waals surface area contributed by atoms with Gasteiger partial charge in [0, 0.05) is 12.6 Å². The fourth-order valence-corrected chi connectivity index (χ4v) is 3.65. The third-order valence-electron chi connectivity index (χ3n) is 5.43. The quantitative estimate of drug-likeness (QED) is 0.438. The number of aromatic hydroxyl groups is 1. The number of ether oxygens (including phenoxy) is 1. The van der Waals surface area contributed by atoms with Crippen LogP contribution >= 0.6 is 0 Å². The van der Waals surface area contributed by atoms with E-state index < -0.39 is 6.10 Å². The van der Waals surface area contributed by atoms with Gasteiger partial charge in [-0.05, 0) is 72.4 Å². The van der Waals surface area contributed by atoms with Gasteiger partial charge in [0.15, 0.2) is 0 Å². The zero-order valence-electron chi connectivity index (χ0n) is 17.9. The lowest BCUT2D eigenvalue weighted by molar-refractivity contribution is 0.133. The van der Waals surface area contributed by atoms with Crippen LogP contribution < -0.4 is 10.1 Å². The molecule has 3 N–H and O–H groups in total. The maximum atomic E-state index is 10.4. The number of rotatable bonds is 9. The standard InChI is InChI=1S/C26H31NO3/c1-4-20-7-5-6-8-25(20)24-14-13-23(17-18(24)2)30-16-15-27-19(3)26(29)21-9-11-22(28)12-10-21/h5-14,17,19,26-29H,4,15-16H2,1-3H3/t19-,26-/m0/s1. The molecule has 0 spiro atoms. The van der Waals surface area contributed by atoms with Crippen molar-refractivity contribution in [1.82, 2.24) is 5.32 Å². The molecule has 0 radical (unpaired) electrons. The van der Waals surface area contributed by atoms with E-state index in [1.165, 1.54) is 22.3 Å². The summed E-state index contributed by atoms with van der Waals surface area (Å²) in [5.74, 6) is 1.04. The number of aliphatic hydroxyl groups is 1. The van der Waals surface area contributed by atoms with Crippen LogP contribution in [0.25, 0.3) is 11.1 Å². The maximum Gasteiger partial charge on any atom is 0.119 e. The molecule has 0 aromatic heterocycles. The van der Waals surface area contributed by atoms with Crippen molar-refractivity contribution in [3.63, 3.8) is 0 Å². The summed E-state index contributed by atoms with van der Waals surface area (Å²) < 4.78 is 5.91. The van der Waals surface area contributed by atoms with Crippen LogP contribution in [0.5, 0.6) is 11.5 Å². The summed E-state index contributed by atoms with van der Waals surface area (Å²) in [5, 5.41) is 23.1. The van der Waals surface area contributed by atoms with Crippen molar-refractivity contribution in [2.24, 2.45) is 0 Å². The Morgan fingerprint density at radius 3 is 2.40 bits per heavy atom. The van der Waals surface area contributed by atoms with Crippen LogP contribution in [-0.2, 0) is 6.42 Å². The first kappa shape index (κ1) is 21.9. The minimum Gasteiger partial charge on any atom is -0.508 e. The summed E-state index contributed by atoms with van der Waals surface area (Å²) in [6.45, 7) is 7.36. The Labute approximate surface area is 179 Å². The summed E-state index contributed by atoms with van der Waals surface area (Å²) in [5.41, 5.74) is 5.83. The Bertz CT molecular complexity index is 953. The number of aryl methyl sites for hydroxylation is 2. The minimum absolute atomic E-state index is 0.132. The van der Waals surface area contributed by atoms with Crippen LogP contribution in [0.3, 0.4) is 0 Å². The molecule has 0 unspecified atom stereocenters. The molecule has 2 atom stereocenters. The molecule has 0 fully saturated rings. The summed E-state index contributed by atoms with van der Waals surface area (Å²) in [6.07, 6.45) is 0.360. The highest BCUT2D eigenvalue weighted by Gasteiger charge is 2.15. The number of phenolic OH excluding ortho intramolecular Hbond substituents is 1. The van der Waals surface area contributed by atoms with E-state index in [0.717, 1.165) is 17.7 Å². The number of phenols is 1. The highest BCUT2D eigenvalue weighted by atomic mass is 16.5. The van der Waals surface area contributed by atoms with Crippen molar-refractivity contribution in [2.45, 2.75) is 39.3 Å². The number of hydrogen-bond acceptors (Lipinski definition) is 4. The van der Waals surface area contributed by atoms with E-state index in [1.54, 1.807) is 24.3 Å². The molecule has 3 aromatic carbocycles. The van der Waals surface area contributed by atoms with E-state index in [4.69, 9.17) is 4.74 Å². The van der Waals surface area contributed by atoms with Gasteiger partial charge in [-0.2, -0.15) is 0 Å². The molecule has 0 amide bonds. The van der Waals surface area contributed by atoms with E-state index >= 15 is 0 Å². The average Bonchev–Trinajstić information content (AvgIpc) is 2.76. The lowest BCUT2D eigenvalue weighted by Crippen LogP contribution is -2.35. The first-order valence-corrected chi connectivity index (χ1v) is 10.5. The number of nitrogens with one attached hydrogen (secondary N) is 1. The third kappa shape index (κ3) is 5.41. The molecule has 0 saturated heterocycles. The molecule has 4 heteroatoms. The zero-order valence-corrected chi connectivity index (χ0v) is 17.9. The van der Waals surface area contributed by atoms with Gasteiger partial charge in [-0.25, -0.2) is 0 Å². The lowest BCUT2D eigenvalue weighted by Gasteiger charge is -2.21. The zero-order chi connectivity index (χ0) is 21.5. The summed E-state index contributed by atoms with van der Waals surface area (Å²) >= 11 is 0. The number of aliphatic hydroxyl groups excluding tert-OH is 1. The van der Waals surface area contributed by atoms with E-state index in [9.17, 15) is 10.2 Å². The van der Waals surface area contributed by atoms with E-state index in [-0.39, 0.29) is 11.8 Å². The molecular weight excluding hydrogens is 374 g/mol. The molecule has 3 aromatic rings. The Morgan fingerprint density at radius 1 is 0.967 bits per heavy atom. The van der Waals surface area contributed by atoms with Crippen molar-refractivity contribution in [3.05, 3.63) is 83.4 Å². The first-order valence-electron chi connectivity index (χ1n) is 10.5. The second-order valence-electron chi connectivity index (χ2n) is 7.62. The molecule has 0 bridgehead atoms. The van der Waals surface area contributed by atoms with E-state index in [1.807, 2.05) is 13.0 Å². The molecule has 3 rings (SSSR count). The van der Waals surface area contributed by atoms with Crippen LogP contribution in [0.4, 0.5) is 0 Å². The smallest absolute Gasteiger partial charge is 0.119 e. The van der Waals surface area contributed by atoms with Crippen LogP contribution in [-0.4, -0.2) is 29.4 Å². The first-order chi connectivity index (χ1) is 14.5. The van der Waals surface area contributed by atoms with Gasteiger partial charge in [0.05, 0.1) is 6.10 Å². The topological polar surface area (TPSA) is 61.7 Å².